The molecular formula is C17H16N4O2S. The summed E-state index contributed by atoms with van der Waals surface area (Å²) in [4.78, 5) is 3.12. The minimum atomic E-state index is -3.79. The highest BCUT2D eigenvalue weighted by Crippen LogP contribution is 2.30. The molecule has 4 N–H and O–H groups in total. The fourth-order valence-electron chi connectivity index (χ4n) is 2.73. The zero-order valence-corrected chi connectivity index (χ0v) is 13.8. The number of aryl methyl sites for hydroxylation is 1. The van der Waals surface area contributed by atoms with Gasteiger partial charge in [0.2, 0.25) is 0 Å². The molecule has 0 radical (unpaired) electrons. The Morgan fingerprint density at radius 3 is 2.71 bits per heavy atom. The fourth-order valence-corrected chi connectivity index (χ4v) is 4.05. The number of H-pyrrole nitrogens is 1. The third-order valence-corrected chi connectivity index (χ3v) is 5.36. The number of nitrogens with one attached hydrogen (secondary N) is 2. The van der Waals surface area contributed by atoms with Crippen molar-refractivity contribution in [1.29, 1.82) is 5.26 Å². The van der Waals surface area contributed by atoms with Crippen molar-refractivity contribution in [3.8, 4) is 6.07 Å². The van der Waals surface area contributed by atoms with Gasteiger partial charge in [0.15, 0.2) is 0 Å². The van der Waals surface area contributed by atoms with E-state index in [0.29, 0.717) is 27.7 Å². The summed E-state index contributed by atoms with van der Waals surface area (Å²) in [5.41, 5.74) is 8.53. The Hall–Kier alpha value is -2.82. The van der Waals surface area contributed by atoms with E-state index in [4.69, 9.17) is 5.73 Å². The topological polar surface area (TPSA) is 112 Å². The first-order chi connectivity index (χ1) is 11.5. The van der Waals surface area contributed by atoms with Gasteiger partial charge in [0.25, 0.3) is 10.0 Å². The molecule has 7 heteroatoms. The monoisotopic (exact) mass is 340 g/mol. The van der Waals surface area contributed by atoms with Crippen molar-refractivity contribution >= 4 is 26.6 Å². The first-order valence-corrected chi connectivity index (χ1v) is 8.78. The number of rotatable bonds is 4. The third kappa shape index (κ3) is 2.62. The van der Waals surface area contributed by atoms with E-state index in [9.17, 15) is 13.7 Å². The van der Waals surface area contributed by atoms with E-state index in [1.807, 2.05) is 6.92 Å². The molecule has 0 saturated carbocycles. The van der Waals surface area contributed by atoms with Crippen molar-refractivity contribution in [1.82, 2.24) is 4.98 Å². The summed E-state index contributed by atoms with van der Waals surface area (Å²) in [7, 11) is -3.79. The van der Waals surface area contributed by atoms with Gasteiger partial charge < -0.3 is 10.7 Å². The number of fused-ring (bicyclic) bond motifs is 1. The lowest BCUT2D eigenvalue weighted by atomic mass is 10.1. The van der Waals surface area contributed by atoms with Crippen molar-refractivity contribution in [2.24, 2.45) is 5.73 Å². The van der Waals surface area contributed by atoms with Crippen LogP contribution >= 0.6 is 0 Å². The van der Waals surface area contributed by atoms with Gasteiger partial charge in [0.05, 0.1) is 21.7 Å². The number of aromatic nitrogens is 1. The minimum absolute atomic E-state index is 0.126. The number of anilines is 1. The van der Waals surface area contributed by atoms with Crippen LogP contribution in [0.25, 0.3) is 10.9 Å². The van der Waals surface area contributed by atoms with Gasteiger partial charge >= 0.3 is 0 Å². The highest BCUT2D eigenvalue weighted by molar-refractivity contribution is 7.92. The molecule has 3 aromatic rings. The Morgan fingerprint density at radius 1 is 1.25 bits per heavy atom. The van der Waals surface area contributed by atoms with E-state index < -0.39 is 10.0 Å². The quantitative estimate of drug-likeness (QED) is 0.677. The van der Waals surface area contributed by atoms with Crippen LogP contribution in [0.15, 0.2) is 47.5 Å². The molecule has 3 rings (SSSR count). The zero-order chi connectivity index (χ0) is 17.3. The summed E-state index contributed by atoms with van der Waals surface area (Å²) in [5.74, 6) is 0. The standard InChI is InChI=1S/C17H16N4O2S/c1-11-6-7-14(17-16(11)13(9-19)10-20-17)21-24(22,23)15-5-3-2-4-12(15)8-18/h2-7,10,20-21H,8,18H2,1H3. The number of nitrogens with two attached hydrogens (primary N) is 1. The summed E-state index contributed by atoms with van der Waals surface area (Å²) >= 11 is 0. The first-order valence-electron chi connectivity index (χ1n) is 7.29. The van der Waals surface area contributed by atoms with Gasteiger partial charge in [-0.2, -0.15) is 5.26 Å². The lowest BCUT2D eigenvalue weighted by Gasteiger charge is -2.12. The predicted molar refractivity (Wildman–Crippen MR) is 92.9 cm³/mol. The Kier molecular flexibility index (Phi) is 4.01. The Balaban J connectivity index is 2.12. The average Bonchev–Trinajstić information content (AvgIpc) is 3.02. The molecule has 0 aliphatic rings. The molecule has 0 unspecified atom stereocenters. The maximum absolute atomic E-state index is 12.7. The van der Waals surface area contributed by atoms with E-state index in [2.05, 4.69) is 15.8 Å². The number of hydrogen-bond donors (Lipinski definition) is 3. The Bertz CT molecular complexity index is 1060. The number of benzene rings is 2. The molecule has 0 spiro atoms. The van der Waals surface area contributed by atoms with Crippen LogP contribution in [0.2, 0.25) is 0 Å². The van der Waals surface area contributed by atoms with Crippen LogP contribution in [-0.4, -0.2) is 13.4 Å². The van der Waals surface area contributed by atoms with Crippen LogP contribution in [0.4, 0.5) is 5.69 Å². The van der Waals surface area contributed by atoms with E-state index in [1.165, 1.54) is 6.07 Å². The SMILES string of the molecule is Cc1ccc(NS(=O)(=O)c2ccccc2CN)c2[nH]cc(C#N)c12. The molecule has 24 heavy (non-hydrogen) atoms. The van der Waals surface area contributed by atoms with Gasteiger partial charge in [-0.3, -0.25) is 4.72 Å². The van der Waals surface area contributed by atoms with E-state index in [1.54, 1.807) is 36.5 Å². The minimum Gasteiger partial charge on any atom is -0.358 e. The van der Waals surface area contributed by atoms with Crippen molar-refractivity contribution in [2.45, 2.75) is 18.4 Å². The normalized spacial score (nSPS) is 11.4. The summed E-state index contributed by atoms with van der Waals surface area (Å²) in [6, 6.07) is 12.2. The average molecular weight is 340 g/mol. The number of nitriles is 1. The Labute approximate surface area is 140 Å². The number of sulfonamides is 1. The van der Waals surface area contributed by atoms with Crippen molar-refractivity contribution < 1.29 is 8.42 Å². The fraction of sp³-hybridized carbons (Fsp3) is 0.118. The highest BCUT2D eigenvalue weighted by atomic mass is 32.2. The van der Waals surface area contributed by atoms with Crippen molar-refractivity contribution in [3.05, 3.63) is 59.3 Å². The third-order valence-electron chi connectivity index (χ3n) is 3.89. The van der Waals surface area contributed by atoms with Gasteiger partial charge in [0, 0.05) is 18.1 Å². The molecule has 0 bridgehead atoms. The predicted octanol–water partition coefficient (Wildman–Crippen LogP) is 2.61. The molecule has 0 atom stereocenters. The summed E-state index contributed by atoms with van der Waals surface area (Å²) < 4.78 is 28.1. The summed E-state index contributed by atoms with van der Waals surface area (Å²) in [5, 5.41) is 9.91. The second-order valence-electron chi connectivity index (χ2n) is 5.41. The second kappa shape index (κ2) is 6.00. The van der Waals surface area contributed by atoms with E-state index in [-0.39, 0.29) is 11.4 Å². The number of nitrogens with zero attached hydrogens (tertiary/aromatic N) is 1. The molecule has 122 valence electrons. The molecule has 1 aromatic heterocycles. The van der Waals surface area contributed by atoms with Crippen LogP contribution < -0.4 is 10.5 Å². The van der Waals surface area contributed by atoms with Gasteiger partial charge in [-0.15, -0.1) is 0 Å². The maximum atomic E-state index is 12.7. The van der Waals surface area contributed by atoms with Crippen LogP contribution in [-0.2, 0) is 16.6 Å². The molecule has 0 saturated heterocycles. The van der Waals surface area contributed by atoms with Crippen LogP contribution in [0.5, 0.6) is 0 Å². The molecule has 6 nitrogen and oxygen atoms in total. The largest absolute Gasteiger partial charge is 0.358 e. The summed E-state index contributed by atoms with van der Waals surface area (Å²) in [6.07, 6.45) is 1.57. The molecule has 0 amide bonds. The highest BCUT2D eigenvalue weighted by Gasteiger charge is 2.20. The Morgan fingerprint density at radius 2 is 2.00 bits per heavy atom. The molecule has 0 fully saturated rings. The van der Waals surface area contributed by atoms with E-state index >= 15 is 0 Å². The zero-order valence-electron chi connectivity index (χ0n) is 13.0. The molecule has 1 heterocycles. The lowest BCUT2D eigenvalue weighted by molar-refractivity contribution is 0.600. The van der Waals surface area contributed by atoms with Crippen molar-refractivity contribution in [2.75, 3.05) is 4.72 Å². The summed E-state index contributed by atoms with van der Waals surface area (Å²) in [6.45, 7) is 2.00. The molecule has 2 aromatic carbocycles. The maximum Gasteiger partial charge on any atom is 0.262 e. The molecule has 0 aliphatic heterocycles. The number of aromatic amines is 1. The first kappa shape index (κ1) is 16.1. The van der Waals surface area contributed by atoms with Crippen LogP contribution in [0, 0.1) is 18.3 Å². The van der Waals surface area contributed by atoms with Crippen LogP contribution in [0.1, 0.15) is 16.7 Å². The van der Waals surface area contributed by atoms with Gasteiger partial charge in [-0.05, 0) is 30.2 Å². The smallest absolute Gasteiger partial charge is 0.262 e. The van der Waals surface area contributed by atoms with E-state index in [0.717, 1.165) is 5.56 Å². The van der Waals surface area contributed by atoms with Gasteiger partial charge in [-0.1, -0.05) is 24.3 Å². The van der Waals surface area contributed by atoms with Gasteiger partial charge in [0.1, 0.15) is 6.07 Å². The molecular weight excluding hydrogens is 324 g/mol. The lowest BCUT2D eigenvalue weighted by Crippen LogP contribution is -2.16. The number of hydrogen-bond acceptors (Lipinski definition) is 4. The van der Waals surface area contributed by atoms with Crippen molar-refractivity contribution in [3.63, 3.8) is 0 Å². The molecule has 0 aliphatic carbocycles. The van der Waals surface area contributed by atoms with Gasteiger partial charge in [-0.25, -0.2) is 8.42 Å². The second-order valence-corrected chi connectivity index (χ2v) is 7.06. The van der Waals surface area contributed by atoms with Crippen LogP contribution in [0.3, 0.4) is 0 Å².